The Hall–Kier alpha value is -1.69. The van der Waals surface area contributed by atoms with Gasteiger partial charge in [0.2, 0.25) is 0 Å². The highest BCUT2D eigenvalue weighted by molar-refractivity contribution is 6.34. The van der Waals surface area contributed by atoms with Crippen molar-refractivity contribution in [2.75, 3.05) is 23.1 Å². The summed E-state index contributed by atoms with van der Waals surface area (Å²) in [5.74, 6) is -0.0512. The second-order valence-electron chi connectivity index (χ2n) is 4.32. The maximum absolute atomic E-state index is 11.9. The molecule has 3 N–H and O–H groups in total. The molecule has 5 nitrogen and oxygen atoms in total. The van der Waals surface area contributed by atoms with Crippen LogP contribution in [0.1, 0.15) is 10.6 Å². The maximum atomic E-state index is 11.9. The van der Waals surface area contributed by atoms with E-state index in [-0.39, 0.29) is 17.5 Å². The van der Waals surface area contributed by atoms with E-state index < -0.39 is 6.10 Å². The Labute approximate surface area is 131 Å². The van der Waals surface area contributed by atoms with Gasteiger partial charge in [-0.1, -0.05) is 11.6 Å². The highest BCUT2D eigenvalue weighted by Crippen LogP contribution is 2.26. The van der Waals surface area contributed by atoms with Crippen molar-refractivity contribution < 1.29 is 14.3 Å². The van der Waals surface area contributed by atoms with E-state index in [1.165, 1.54) is 6.26 Å². The molecule has 112 valence electrons. The minimum atomic E-state index is -0.650. The van der Waals surface area contributed by atoms with Gasteiger partial charge in [0.25, 0.3) is 5.91 Å². The van der Waals surface area contributed by atoms with Crippen LogP contribution < -0.4 is 10.6 Å². The Bertz CT molecular complexity index is 602. The summed E-state index contributed by atoms with van der Waals surface area (Å²) in [5.41, 5.74) is 1.15. The summed E-state index contributed by atoms with van der Waals surface area (Å²) in [5, 5.41) is 15.5. The molecule has 0 radical (unpaired) electrons. The van der Waals surface area contributed by atoms with Crippen LogP contribution in [-0.4, -0.2) is 29.5 Å². The molecule has 21 heavy (non-hydrogen) atoms. The van der Waals surface area contributed by atoms with Gasteiger partial charge in [0, 0.05) is 12.2 Å². The second kappa shape index (κ2) is 7.36. The summed E-state index contributed by atoms with van der Waals surface area (Å²) in [6.07, 6.45) is 0.769. The number of aliphatic hydroxyl groups is 1. The van der Waals surface area contributed by atoms with Crippen LogP contribution in [0, 0.1) is 0 Å². The standard InChI is InChI=1S/C14H14Cl2N2O3/c15-7-10(19)8-17-9-3-4-11(16)12(6-9)18-14(20)13-2-1-5-21-13/h1-6,10,17,19H,7-8H2,(H,18,20). The number of hydrogen-bond acceptors (Lipinski definition) is 4. The molecule has 1 heterocycles. The quantitative estimate of drug-likeness (QED) is 0.712. The SMILES string of the molecule is O=C(Nc1cc(NCC(O)CCl)ccc1Cl)c1ccco1. The zero-order valence-corrected chi connectivity index (χ0v) is 12.5. The van der Waals surface area contributed by atoms with Crippen LogP contribution in [0.25, 0.3) is 0 Å². The Kier molecular flexibility index (Phi) is 5.50. The average molecular weight is 329 g/mol. The molecule has 0 spiro atoms. The Morgan fingerprint density at radius 3 is 2.86 bits per heavy atom. The maximum Gasteiger partial charge on any atom is 0.291 e. The van der Waals surface area contributed by atoms with E-state index in [0.29, 0.717) is 22.9 Å². The third-order valence-electron chi connectivity index (χ3n) is 2.68. The van der Waals surface area contributed by atoms with Crippen LogP contribution in [0.3, 0.4) is 0 Å². The zero-order valence-electron chi connectivity index (χ0n) is 11.0. The van der Waals surface area contributed by atoms with Crippen LogP contribution in [0.4, 0.5) is 11.4 Å². The lowest BCUT2D eigenvalue weighted by Gasteiger charge is -2.12. The normalized spacial score (nSPS) is 12.0. The number of nitrogens with one attached hydrogen (secondary N) is 2. The summed E-state index contributed by atoms with van der Waals surface area (Å²) in [6, 6.07) is 8.24. The molecule has 1 atom stereocenters. The van der Waals surface area contributed by atoms with Gasteiger partial charge in [-0.25, -0.2) is 0 Å². The number of halogens is 2. The summed E-state index contributed by atoms with van der Waals surface area (Å²) >= 11 is 11.6. The van der Waals surface area contributed by atoms with Crippen LogP contribution in [0.5, 0.6) is 0 Å². The van der Waals surface area contributed by atoms with Gasteiger partial charge in [-0.3, -0.25) is 4.79 Å². The lowest BCUT2D eigenvalue weighted by Crippen LogP contribution is -2.20. The molecule has 2 aromatic rings. The van der Waals surface area contributed by atoms with Gasteiger partial charge in [-0.15, -0.1) is 11.6 Å². The molecule has 2 rings (SSSR count). The summed E-state index contributed by atoms with van der Waals surface area (Å²) < 4.78 is 5.01. The van der Waals surface area contributed by atoms with E-state index in [9.17, 15) is 9.90 Å². The topological polar surface area (TPSA) is 74.5 Å². The van der Waals surface area contributed by atoms with E-state index in [4.69, 9.17) is 27.6 Å². The Morgan fingerprint density at radius 2 is 2.19 bits per heavy atom. The minimum absolute atomic E-state index is 0.142. The average Bonchev–Trinajstić information content (AvgIpc) is 3.02. The number of rotatable bonds is 6. The van der Waals surface area contributed by atoms with Gasteiger partial charge in [0.15, 0.2) is 5.76 Å². The molecule has 1 amide bonds. The third kappa shape index (κ3) is 4.39. The van der Waals surface area contributed by atoms with Gasteiger partial charge in [0.1, 0.15) is 0 Å². The molecule has 1 unspecified atom stereocenters. The van der Waals surface area contributed by atoms with E-state index in [1.807, 2.05) is 0 Å². The summed E-state index contributed by atoms with van der Waals surface area (Å²) in [4.78, 5) is 11.9. The lowest BCUT2D eigenvalue weighted by molar-refractivity contribution is 0.0996. The molecule has 1 aromatic carbocycles. The highest BCUT2D eigenvalue weighted by atomic mass is 35.5. The molecule has 0 bridgehead atoms. The Morgan fingerprint density at radius 1 is 1.38 bits per heavy atom. The fraction of sp³-hybridized carbons (Fsp3) is 0.214. The molecule has 7 heteroatoms. The van der Waals surface area contributed by atoms with Crippen LogP contribution in [0.15, 0.2) is 41.0 Å². The number of benzene rings is 1. The first-order valence-electron chi connectivity index (χ1n) is 6.22. The largest absolute Gasteiger partial charge is 0.459 e. The first-order valence-corrected chi connectivity index (χ1v) is 7.13. The fourth-order valence-corrected chi connectivity index (χ4v) is 1.89. The smallest absolute Gasteiger partial charge is 0.291 e. The van der Waals surface area contributed by atoms with Gasteiger partial charge in [-0.2, -0.15) is 0 Å². The van der Waals surface area contributed by atoms with E-state index in [1.54, 1.807) is 30.3 Å². The Balaban J connectivity index is 2.06. The van der Waals surface area contributed by atoms with E-state index in [2.05, 4.69) is 10.6 Å². The first-order chi connectivity index (χ1) is 10.1. The van der Waals surface area contributed by atoms with Crippen molar-refractivity contribution in [2.24, 2.45) is 0 Å². The van der Waals surface area contributed by atoms with Crippen molar-refractivity contribution in [3.63, 3.8) is 0 Å². The zero-order chi connectivity index (χ0) is 15.2. The minimum Gasteiger partial charge on any atom is -0.459 e. The van der Waals surface area contributed by atoms with Gasteiger partial charge in [-0.05, 0) is 30.3 Å². The van der Waals surface area contributed by atoms with Gasteiger partial charge in [0.05, 0.1) is 29.0 Å². The van der Waals surface area contributed by atoms with E-state index >= 15 is 0 Å². The summed E-state index contributed by atoms with van der Waals surface area (Å²) in [6.45, 7) is 0.302. The first kappa shape index (κ1) is 15.7. The number of carbonyl (C=O) groups is 1. The number of anilines is 2. The lowest BCUT2D eigenvalue weighted by atomic mass is 10.2. The molecule has 0 saturated heterocycles. The predicted octanol–water partition coefficient (Wildman–Crippen LogP) is 3.20. The van der Waals surface area contributed by atoms with Crippen molar-refractivity contribution in [1.29, 1.82) is 0 Å². The second-order valence-corrected chi connectivity index (χ2v) is 5.03. The number of alkyl halides is 1. The number of aliphatic hydroxyl groups excluding tert-OH is 1. The van der Waals surface area contributed by atoms with Crippen molar-refractivity contribution in [3.8, 4) is 0 Å². The number of furan rings is 1. The number of amides is 1. The predicted molar refractivity (Wildman–Crippen MR) is 83.3 cm³/mol. The number of hydrogen-bond donors (Lipinski definition) is 3. The van der Waals surface area contributed by atoms with Gasteiger partial charge >= 0.3 is 0 Å². The molecular formula is C14H14Cl2N2O3. The van der Waals surface area contributed by atoms with Crippen molar-refractivity contribution in [3.05, 3.63) is 47.4 Å². The van der Waals surface area contributed by atoms with Gasteiger partial charge < -0.3 is 20.2 Å². The number of carbonyl (C=O) groups excluding carboxylic acids is 1. The molecule has 0 aliphatic heterocycles. The van der Waals surface area contributed by atoms with E-state index in [0.717, 1.165) is 0 Å². The monoisotopic (exact) mass is 328 g/mol. The van der Waals surface area contributed by atoms with Crippen LogP contribution >= 0.6 is 23.2 Å². The third-order valence-corrected chi connectivity index (χ3v) is 3.37. The van der Waals surface area contributed by atoms with Crippen molar-refractivity contribution in [2.45, 2.75) is 6.10 Å². The van der Waals surface area contributed by atoms with Crippen molar-refractivity contribution >= 4 is 40.5 Å². The molecule has 0 aliphatic rings. The van der Waals surface area contributed by atoms with Crippen LogP contribution in [-0.2, 0) is 0 Å². The molecule has 0 aliphatic carbocycles. The molecule has 1 aromatic heterocycles. The summed E-state index contributed by atoms with van der Waals surface area (Å²) in [7, 11) is 0. The fourth-order valence-electron chi connectivity index (χ4n) is 1.61. The molecular weight excluding hydrogens is 315 g/mol. The molecule has 0 fully saturated rings. The highest BCUT2D eigenvalue weighted by Gasteiger charge is 2.11. The van der Waals surface area contributed by atoms with Crippen molar-refractivity contribution in [1.82, 2.24) is 0 Å². The van der Waals surface area contributed by atoms with Crippen LogP contribution in [0.2, 0.25) is 5.02 Å². The molecule has 0 saturated carbocycles.